The number of nitrogens with zero attached hydrogens (tertiary/aromatic N) is 6. The van der Waals surface area contributed by atoms with Crippen LogP contribution >= 0.6 is 0 Å². The third-order valence-corrected chi connectivity index (χ3v) is 4.61. The minimum Gasteiger partial charge on any atom is -0.463 e. The number of hydrogen-bond acceptors (Lipinski definition) is 8. The number of benzene rings is 1. The van der Waals surface area contributed by atoms with E-state index in [-0.39, 0.29) is 0 Å². The Morgan fingerprint density at radius 1 is 1.03 bits per heavy atom. The molecule has 0 atom stereocenters. The monoisotopic (exact) mass is 433 g/mol. The highest BCUT2D eigenvalue weighted by Gasteiger charge is 2.12. The number of rotatable bonds is 12. The number of hydrogen-bond donors (Lipinski definition) is 1. The molecule has 0 aliphatic carbocycles. The van der Waals surface area contributed by atoms with Gasteiger partial charge >= 0.3 is 6.01 Å². The van der Waals surface area contributed by atoms with Gasteiger partial charge in [0.2, 0.25) is 0 Å². The summed E-state index contributed by atoms with van der Waals surface area (Å²) in [5.41, 5.74) is 5.23. The Hall–Kier alpha value is -3.55. The molecule has 3 rings (SSSR count). The van der Waals surface area contributed by atoms with E-state index in [9.17, 15) is 0 Å². The van der Waals surface area contributed by atoms with Gasteiger partial charge in [0.15, 0.2) is 5.82 Å². The van der Waals surface area contributed by atoms with Crippen molar-refractivity contribution in [2.24, 2.45) is 5.10 Å². The Morgan fingerprint density at radius 3 is 2.53 bits per heavy atom. The zero-order valence-electron chi connectivity index (χ0n) is 19.0. The van der Waals surface area contributed by atoms with Gasteiger partial charge in [-0.1, -0.05) is 43.7 Å². The first kappa shape index (κ1) is 23.1. The van der Waals surface area contributed by atoms with E-state index in [4.69, 9.17) is 4.74 Å². The molecule has 2 heterocycles. The van der Waals surface area contributed by atoms with Crippen LogP contribution in [0.4, 0.5) is 11.6 Å². The number of aryl methyl sites for hydroxylation is 1. The van der Waals surface area contributed by atoms with Crippen molar-refractivity contribution in [3.8, 4) is 6.01 Å². The lowest BCUT2D eigenvalue weighted by atomic mass is 10.2. The van der Waals surface area contributed by atoms with Crippen molar-refractivity contribution in [3.05, 3.63) is 65.7 Å². The van der Waals surface area contributed by atoms with Crippen LogP contribution in [0.3, 0.4) is 0 Å². The fraction of sp³-hybridized carbons (Fsp3) is 0.375. The Balaban J connectivity index is 1.75. The smallest absolute Gasteiger partial charge is 0.320 e. The van der Waals surface area contributed by atoms with Crippen molar-refractivity contribution in [3.63, 3.8) is 0 Å². The molecule has 3 aromatic rings. The minimum atomic E-state index is 0.309. The molecule has 32 heavy (non-hydrogen) atoms. The molecule has 0 saturated carbocycles. The summed E-state index contributed by atoms with van der Waals surface area (Å²) in [5, 5.41) is 4.36. The van der Waals surface area contributed by atoms with Gasteiger partial charge in [0.1, 0.15) is 11.6 Å². The van der Waals surface area contributed by atoms with Gasteiger partial charge in [0.25, 0.3) is 0 Å². The summed E-state index contributed by atoms with van der Waals surface area (Å²) in [6.45, 7) is 8.59. The molecule has 8 heteroatoms. The minimum absolute atomic E-state index is 0.309. The summed E-state index contributed by atoms with van der Waals surface area (Å²) in [6.07, 6.45) is 7.86. The summed E-state index contributed by atoms with van der Waals surface area (Å²) in [6, 6.07) is 12.2. The fourth-order valence-corrected chi connectivity index (χ4v) is 3.19. The highest BCUT2D eigenvalue weighted by molar-refractivity contribution is 5.80. The molecule has 0 fully saturated rings. The predicted octanol–water partition coefficient (Wildman–Crippen LogP) is 4.27. The molecule has 0 spiro atoms. The zero-order chi connectivity index (χ0) is 22.6. The van der Waals surface area contributed by atoms with Gasteiger partial charge in [-0.3, -0.25) is 5.43 Å². The number of aromatic nitrogens is 4. The molecular weight excluding hydrogens is 402 g/mol. The van der Waals surface area contributed by atoms with E-state index in [2.05, 4.69) is 68.3 Å². The van der Waals surface area contributed by atoms with Gasteiger partial charge in [-0.25, -0.2) is 9.97 Å². The average Bonchev–Trinajstić information content (AvgIpc) is 2.80. The van der Waals surface area contributed by atoms with Gasteiger partial charge < -0.3 is 9.64 Å². The SMILES string of the molecule is CCCN(CCC)c1cc(N/N=C/c2cccc(C)c2)nc(OCCc2ncccn2)n1. The Bertz CT molecular complexity index is 989. The first-order valence-corrected chi connectivity index (χ1v) is 11.1. The first-order chi connectivity index (χ1) is 15.7. The lowest BCUT2D eigenvalue weighted by molar-refractivity contribution is 0.294. The molecule has 0 amide bonds. The van der Waals surface area contributed by atoms with Crippen LogP contribution in [0.2, 0.25) is 0 Å². The molecule has 8 nitrogen and oxygen atoms in total. The maximum atomic E-state index is 5.86. The number of anilines is 2. The molecule has 0 unspecified atom stereocenters. The standard InChI is InChI=1S/C24H31N7O/c1-4-13-31(14-5-2)23-17-22(30-27-18-20-9-6-8-19(3)16-20)28-24(29-23)32-15-10-21-25-11-7-12-26-21/h6-9,11-12,16-18H,4-5,10,13-15H2,1-3H3,(H,28,29,30)/b27-18+. The fourth-order valence-electron chi connectivity index (χ4n) is 3.19. The van der Waals surface area contributed by atoms with Gasteiger partial charge in [-0.05, 0) is 31.4 Å². The molecule has 168 valence electrons. The average molecular weight is 434 g/mol. The number of ether oxygens (including phenoxy) is 1. The molecule has 0 aliphatic rings. The van der Waals surface area contributed by atoms with E-state index in [0.717, 1.165) is 43.1 Å². The molecule has 0 saturated heterocycles. The van der Waals surface area contributed by atoms with Gasteiger partial charge in [-0.2, -0.15) is 15.1 Å². The highest BCUT2D eigenvalue weighted by Crippen LogP contribution is 2.20. The van der Waals surface area contributed by atoms with E-state index >= 15 is 0 Å². The van der Waals surface area contributed by atoms with Gasteiger partial charge in [0, 0.05) is 38.0 Å². The second-order valence-electron chi connectivity index (χ2n) is 7.43. The Labute approximate surface area is 189 Å². The van der Waals surface area contributed by atoms with Crippen LogP contribution in [0.15, 0.2) is 53.9 Å². The lowest BCUT2D eigenvalue weighted by Gasteiger charge is -2.23. The van der Waals surface area contributed by atoms with Crippen LogP contribution in [0.1, 0.15) is 43.6 Å². The number of nitrogens with one attached hydrogen (secondary N) is 1. The van der Waals surface area contributed by atoms with Crippen LogP contribution in [-0.2, 0) is 6.42 Å². The largest absolute Gasteiger partial charge is 0.463 e. The summed E-state index contributed by atoms with van der Waals surface area (Å²) in [7, 11) is 0. The van der Waals surface area contributed by atoms with Gasteiger partial charge in [-0.15, -0.1) is 0 Å². The van der Waals surface area contributed by atoms with Crippen LogP contribution in [0.25, 0.3) is 0 Å². The van der Waals surface area contributed by atoms with Crippen molar-refractivity contribution in [1.29, 1.82) is 0 Å². The van der Waals surface area contributed by atoms with Crippen molar-refractivity contribution in [2.45, 2.75) is 40.0 Å². The van der Waals surface area contributed by atoms with Gasteiger partial charge in [0.05, 0.1) is 12.8 Å². The Morgan fingerprint density at radius 2 is 1.81 bits per heavy atom. The number of hydrazone groups is 1. The summed E-state index contributed by atoms with van der Waals surface area (Å²) in [5.74, 6) is 2.13. The molecule has 0 aliphatic heterocycles. The third-order valence-electron chi connectivity index (χ3n) is 4.61. The Kier molecular flexibility index (Phi) is 8.92. The first-order valence-electron chi connectivity index (χ1n) is 11.1. The van der Waals surface area contributed by atoms with Crippen molar-refractivity contribution in [2.75, 3.05) is 30.0 Å². The van der Waals surface area contributed by atoms with Crippen LogP contribution in [0.5, 0.6) is 6.01 Å². The molecule has 0 radical (unpaired) electrons. The molecule has 2 aromatic heterocycles. The molecular formula is C24H31N7O. The quantitative estimate of drug-likeness (QED) is 0.337. The maximum absolute atomic E-state index is 5.86. The van der Waals surface area contributed by atoms with Crippen molar-refractivity contribution >= 4 is 17.9 Å². The summed E-state index contributed by atoms with van der Waals surface area (Å²) in [4.78, 5) is 19.8. The lowest BCUT2D eigenvalue weighted by Crippen LogP contribution is -2.26. The van der Waals surface area contributed by atoms with Crippen molar-refractivity contribution < 1.29 is 4.74 Å². The molecule has 1 aromatic carbocycles. The predicted molar refractivity (Wildman–Crippen MR) is 128 cm³/mol. The van der Waals surface area contributed by atoms with Crippen LogP contribution in [0, 0.1) is 6.92 Å². The van der Waals surface area contributed by atoms with Crippen LogP contribution in [-0.4, -0.2) is 45.8 Å². The van der Waals surface area contributed by atoms with Crippen LogP contribution < -0.4 is 15.1 Å². The molecule has 1 N–H and O–H groups in total. The topological polar surface area (TPSA) is 88.4 Å². The van der Waals surface area contributed by atoms with E-state index in [1.807, 2.05) is 18.2 Å². The van der Waals surface area contributed by atoms with E-state index in [0.29, 0.717) is 24.9 Å². The van der Waals surface area contributed by atoms with E-state index in [1.54, 1.807) is 24.7 Å². The van der Waals surface area contributed by atoms with Crippen molar-refractivity contribution in [1.82, 2.24) is 19.9 Å². The second-order valence-corrected chi connectivity index (χ2v) is 7.43. The maximum Gasteiger partial charge on any atom is 0.320 e. The van der Waals surface area contributed by atoms with E-state index < -0.39 is 0 Å². The summed E-state index contributed by atoms with van der Waals surface area (Å²) < 4.78 is 5.86. The normalized spacial score (nSPS) is 11.0. The third kappa shape index (κ3) is 7.30. The zero-order valence-corrected chi connectivity index (χ0v) is 19.0. The summed E-state index contributed by atoms with van der Waals surface area (Å²) >= 11 is 0. The highest BCUT2D eigenvalue weighted by atomic mass is 16.5. The molecule has 0 bridgehead atoms. The second kappa shape index (κ2) is 12.3. The van der Waals surface area contributed by atoms with E-state index in [1.165, 1.54) is 5.56 Å².